The average molecular weight is 398 g/mol. The predicted octanol–water partition coefficient (Wildman–Crippen LogP) is 2.46. The standard InChI is InChI=1S/C21H26N4O4/c1-15(26)24-17-7-9-18(10-8-17)25-20(27)14-23-19-6-3-5-16(13-19)21(28)22-11-4-12-29-2/h3,5-10,13,23H,4,11-12,14H2,1-2H3,(H,22,28)(H,24,26)(H,25,27). The second-order valence-electron chi connectivity index (χ2n) is 6.34. The van der Waals surface area contributed by atoms with Gasteiger partial charge in [-0.3, -0.25) is 14.4 Å². The molecule has 0 aliphatic heterocycles. The Morgan fingerprint density at radius 3 is 2.28 bits per heavy atom. The number of carbonyl (C=O) groups excluding carboxylic acids is 3. The maximum Gasteiger partial charge on any atom is 0.251 e. The molecule has 0 saturated carbocycles. The van der Waals surface area contributed by atoms with E-state index < -0.39 is 0 Å². The SMILES string of the molecule is COCCCNC(=O)c1cccc(NCC(=O)Nc2ccc(NC(C)=O)cc2)c1. The van der Waals surface area contributed by atoms with Gasteiger partial charge in [-0.1, -0.05) is 6.07 Å². The minimum absolute atomic E-state index is 0.0480. The molecule has 3 amide bonds. The van der Waals surface area contributed by atoms with Gasteiger partial charge in [0.2, 0.25) is 11.8 Å². The zero-order chi connectivity index (χ0) is 21.1. The number of rotatable bonds is 10. The van der Waals surface area contributed by atoms with Crippen molar-refractivity contribution in [3.8, 4) is 0 Å². The molecule has 8 nitrogen and oxygen atoms in total. The first-order chi connectivity index (χ1) is 14.0. The lowest BCUT2D eigenvalue weighted by Gasteiger charge is -2.10. The first-order valence-corrected chi connectivity index (χ1v) is 9.26. The van der Waals surface area contributed by atoms with Crippen LogP contribution >= 0.6 is 0 Å². The lowest BCUT2D eigenvalue weighted by molar-refractivity contribution is -0.115. The highest BCUT2D eigenvalue weighted by atomic mass is 16.5. The van der Waals surface area contributed by atoms with Gasteiger partial charge in [0.1, 0.15) is 0 Å². The van der Waals surface area contributed by atoms with Gasteiger partial charge in [0.05, 0.1) is 6.54 Å². The van der Waals surface area contributed by atoms with E-state index in [9.17, 15) is 14.4 Å². The van der Waals surface area contributed by atoms with Gasteiger partial charge in [0, 0.05) is 49.8 Å². The van der Waals surface area contributed by atoms with Gasteiger partial charge in [-0.15, -0.1) is 0 Å². The molecule has 0 unspecified atom stereocenters. The quantitative estimate of drug-likeness (QED) is 0.460. The van der Waals surface area contributed by atoms with Gasteiger partial charge >= 0.3 is 0 Å². The van der Waals surface area contributed by atoms with Crippen LogP contribution in [0, 0.1) is 0 Å². The van der Waals surface area contributed by atoms with Crippen molar-refractivity contribution >= 4 is 34.8 Å². The molecule has 0 aromatic heterocycles. The molecule has 2 aromatic carbocycles. The Bertz CT molecular complexity index is 837. The average Bonchev–Trinajstić information content (AvgIpc) is 2.71. The van der Waals surface area contributed by atoms with E-state index in [1.165, 1.54) is 6.92 Å². The van der Waals surface area contributed by atoms with Gasteiger partial charge in [-0.2, -0.15) is 0 Å². The van der Waals surface area contributed by atoms with Gasteiger partial charge in [-0.05, 0) is 48.9 Å². The molecule has 0 spiro atoms. The van der Waals surface area contributed by atoms with E-state index in [1.807, 2.05) is 0 Å². The summed E-state index contributed by atoms with van der Waals surface area (Å²) < 4.78 is 4.95. The van der Waals surface area contributed by atoms with E-state index in [-0.39, 0.29) is 24.3 Å². The third-order valence-electron chi connectivity index (χ3n) is 3.88. The van der Waals surface area contributed by atoms with Crippen LogP contribution in [-0.4, -0.2) is 44.5 Å². The monoisotopic (exact) mass is 398 g/mol. The molecule has 8 heteroatoms. The first-order valence-electron chi connectivity index (χ1n) is 9.26. The van der Waals surface area contributed by atoms with Crippen LogP contribution in [0.5, 0.6) is 0 Å². The summed E-state index contributed by atoms with van der Waals surface area (Å²) >= 11 is 0. The van der Waals surface area contributed by atoms with Crippen LogP contribution in [0.3, 0.4) is 0 Å². The molecular weight excluding hydrogens is 372 g/mol. The number of methoxy groups -OCH3 is 1. The highest BCUT2D eigenvalue weighted by molar-refractivity contribution is 5.96. The minimum atomic E-state index is -0.230. The maximum atomic E-state index is 12.1. The van der Waals surface area contributed by atoms with E-state index >= 15 is 0 Å². The number of anilines is 3. The summed E-state index contributed by atoms with van der Waals surface area (Å²) in [5, 5.41) is 11.3. The van der Waals surface area contributed by atoms with Crippen LogP contribution < -0.4 is 21.3 Å². The summed E-state index contributed by atoms with van der Waals surface area (Å²) in [4.78, 5) is 35.3. The molecule has 0 aliphatic rings. The Hall–Kier alpha value is -3.39. The Labute approximate surface area is 170 Å². The smallest absolute Gasteiger partial charge is 0.251 e. The van der Waals surface area contributed by atoms with Crippen LogP contribution in [-0.2, 0) is 14.3 Å². The Balaban J connectivity index is 1.82. The van der Waals surface area contributed by atoms with Crippen molar-refractivity contribution in [3.63, 3.8) is 0 Å². The second-order valence-corrected chi connectivity index (χ2v) is 6.34. The lowest BCUT2D eigenvalue weighted by Crippen LogP contribution is -2.25. The molecule has 4 N–H and O–H groups in total. The zero-order valence-electron chi connectivity index (χ0n) is 16.6. The van der Waals surface area contributed by atoms with Crippen LogP contribution in [0.4, 0.5) is 17.1 Å². The Kier molecular flexibility index (Phi) is 8.65. The fraction of sp³-hybridized carbons (Fsp3) is 0.286. The van der Waals surface area contributed by atoms with E-state index in [2.05, 4.69) is 21.3 Å². The largest absolute Gasteiger partial charge is 0.385 e. The number of amides is 3. The summed E-state index contributed by atoms with van der Waals surface area (Å²) in [7, 11) is 1.62. The number of hydrogen-bond donors (Lipinski definition) is 4. The number of nitrogens with one attached hydrogen (secondary N) is 4. The van der Waals surface area contributed by atoms with Gasteiger partial charge in [0.25, 0.3) is 5.91 Å². The summed E-state index contributed by atoms with van der Waals surface area (Å²) in [5.41, 5.74) is 2.47. The Morgan fingerprint density at radius 1 is 0.931 bits per heavy atom. The number of ether oxygens (including phenoxy) is 1. The Morgan fingerprint density at radius 2 is 1.62 bits per heavy atom. The highest BCUT2D eigenvalue weighted by Gasteiger charge is 2.07. The first kappa shape index (κ1) is 21.9. The predicted molar refractivity (Wildman–Crippen MR) is 113 cm³/mol. The van der Waals surface area contributed by atoms with Crippen molar-refractivity contribution in [2.75, 3.05) is 42.8 Å². The molecule has 0 radical (unpaired) electrons. The summed E-state index contributed by atoms with van der Waals surface area (Å²) in [5.74, 6) is -0.558. The molecule has 0 heterocycles. The van der Waals surface area contributed by atoms with Crippen molar-refractivity contribution in [1.82, 2.24) is 5.32 Å². The van der Waals surface area contributed by atoms with Crippen molar-refractivity contribution in [2.24, 2.45) is 0 Å². The molecule has 2 aromatic rings. The summed E-state index contributed by atoms with van der Waals surface area (Å²) in [6, 6.07) is 13.8. The molecular formula is C21H26N4O4. The summed E-state index contributed by atoms with van der Waals surface area (Å²) in [6.45, 7) is 2.61. The topological polar surface area (TPSA) is 109 Å². The minimum Gasteiger partial charge on any atom is -0.385 e. The fourth-order valence-electron chi connectivity index (χ4n) is 2.52. The summed E-state index contributed by atoms with van der Waals surface area (Å²) in [6.07, 6.45) is 0.742. The third kappa shape index (κ3) is 8.02. The van der Waals surface area contributed by atoms with Crippen molar-refractivity contribution < 1.29 is 19.1 Å². The van der Waals surface area contributed by atoms with Crippen LogP contribution in [0.25, 0.3) is 0 Å². The van der Waals surface area contributed by atoms with E-state index in [1.54, 1.807) is 55.6 Å². The van der Waals surface area contributed by atoms with Gasteiger partial charge < -0.3 is 26.0 Å². The molecule has 2 rings (SSSR count). The fourth-order valence-corrected chi connectivity index (χ4v) is 2.52. The molecule has 0 saturated heterocycles. The second kappa shape index (κ2) is 11.5. The lowest BCUT2D eigenvalue weighted by atomic mass is 10.2. The van der Waals surface area contributed by atoms with Crippen LogP contribution in [0.1, 0.15) is 23.7 Å². The van der Waals surface area contributed by atoms with Crippen molar-refractivity contribution in [3.05, 3.63) is 54.1 Å². The normalized spacial score (nSPS) is 10.1. The van der Waals surface area contributed by atoms with Crippen LogP contribution in [0.15, 0.2) is 48.5 Å². The molecule has 0 atom stereocenters. The van der Waals surface area contributed by atoms with E-state index in [4.69, 9.17) is 4.74 Å². The third-order valence-corrected chi connectivity index (χ3v) is 3.88. The number of hydrogen-bond acceptors (Lipinski definition) is 5. The molecule has 0 bridgehead atoms. The zero-order valence-corrected chi connectivity index (χ0v) is 16.6. The van der Waals surface area contributed by atoms with Crippen LogP contribution in [0.2, 0.25) is 0 Å². The number of benzene rings is 2. The molecule has 0 fully saturated rings. The van der Waals surface area contributed by atoms with Crippen molar-refractivity contribution in [2.45, 2.75) is 13.3 Å². The molecule has 154 valence electrons. The maximum absolute atomic E-state index is 12.1. The highest BCUT2D eigenvalue weighted by Crippen LogP contribution is 2.14. The van der Waals surface area contributed by atoms with Crippen molar-refractivity contribution in [1.29, 1.82) is 0 Å². The van der Waals surface area contributed by atoms with Gasteiger partial charge in [0.15, 0.2) is 0 Å². The van der Waals surface area contributed by atoms with E-state index in [0.29, 0.717) is 35.8 Å². The van der Waals surface area contributed by atoms with E-state index in [0.717, 1.165) is 6.42 Å². The molecule has 0 aliphatic carbocycles. The van der Waals surface area contributed by atoms with Gasteiger partial charge in [-0.25, -0.2) is 0 Å². The molecule has 29 heavy (non-hydrogen) atoms. The number of carbonyl (C=O) groups is 3.